The van der Waals surface area contributed by atoms with E-state index in [1.807, 2.05) is 71.6 Å². The van der Waals surface area contributed by atoms with Gasteiger partial charge < -0.3 is 24.1 Å². The molecule has 2 aromatic carbocycles. The summed E-state index contributed by atoms with van der Waals surface area (Å²) in [7, 11) is 3.00. The molecule has 0 aliphatic carbocycles. The number of hydrogen-bond donors (Lipinski definition) is 1. The third kappa shape index (κ3) is 4.24. The highest BCUT2D eigenvalue weighted by Gasteiger charge is 2.42. The number of benzene rings is 2. The summed E-state index contributed by atoms with van der Waals surface area (Å²) >= 11 is 5.76. The van der Waals surface area contributed by atoms with Crippen molar-refractivity contribution in [2.75, 3.05) is 19.1 Å². The number of nitrogens with zero attached hydrogens (tertiary/aromatic N) is 2. The molecule has 0 amide bonds. The molecular formula is C27H23N3O4S. The third-order valence-electron chi connectivity index (χ3n) is 5.96. The van der Waals surface area contributed by atoms with Gasteiger partial charge in [-0.25, -0.2) is 4.79 Å². The Balaban J connectivity index is 1.59. The van der Waals surface area contributed by atoms with Crippen LogP contribution in [0, 0.1) is 0 Å². The van der Waals surface area contributed by atoms with Gasteiger partial charge in [0.15, 0.2) is 5.11 Å². The Morgan fingerprint density at radius 2 is 1.77 bits per heavy atom. The summed E-state index contributed by atoms with van der Waals surface area (Å²) in [5.41, 5.74) is 2.82. The van der Waals surface area contributed by atoms with E-state index < -0.39 is 5.97 Å². The SMILES string of the molecule is COC(=O)c1ccccc1-c1ccc([C@@H]2[C@H](c3ccccn3)NC(=S)N2c2ccc(OC)cc2)o1. The fourth-order valence-electron chi connectivity index (χ4n) is 4.31. The number of aromatic nitrogens is 1. The lowest BCUT2D eigenvalue weighted by Crippen LogP contribution is -2.29. The quantitative estimate of drug-likeness (QED) is 0.291. The maximum Gasteiger partial charge on any atom is 0.338 e. The van der Waals surface area contributed by atoms with Crippen molar-refractivity contribution in [1.29, 1.82) is 0 Å². The van der Waals surface area contributed by atoms with Crippen molar-refractivity contribution in [3.05, 3.63) is 102 Å². The summed E-state index contributed by atoms with van der Waals surface area (Å²) in [5.74, 6) is 1.57. The normalized spacial score (nSPS) is 17.2. The number of hydrogen-bond acceptors (Lipinski definition) is 6. The molecule has 8 heteroatoms. The maximum absolute atomic E-state index is 12.3. The number of ether oxygens (including phenoxy) is 2. The van der Waals surface area contributed by atoms with Gasteiger partial charge in [0, 0.05) is 17.4 Å². The zero-order valence-electron chi connectivity index (χ0n) is 19.2. The van der Waals surface area contributed by atoms with Gasteiger partial charge in [0.1, 0.15) is 23.3 Å². The van der Waals surface area contributed by atoms with E-state index in [-0.39, 0.29) is 12.1 Å². The number of nitrogens with one attached hydrogen (secondary N) is 1. The van der Waals surface area contributed by atoms with Gasteiger partial charge in [-0.15, -0.1) is 0 Å². The smallest absolute Gasteiger partial charge is 0.338 e. The van der Waals surface area contributed by atoms with Crippen LogP contribution in [-0.4, -0.2) is 30.3 Å². The molecule has 0 spiro atoms. The van der Waals surface area contributed by atoms with Gasteiger partial charge in [-0.1, -0.05) is 24.3 Å². The van der Waals surface area contributed by atoms with Crippen molar-refractivity contribution < 1.29 is 18.7 Å². The Kier molecular flexibility index (Phi) is 6.20. The summed E-state index contributed by atoms with van der Waals surface area (Å²) in [5, 5.41) is 3.97. The molecule has 176 valence electrons. The highest BCUT2D eigenvalue weighted by molar-refractivity contribution is 7.80. The van der Waals surface area contributed by atoms with Crippen LogP contribution < -0.4 is 15.0 Å². The van der Waals surface area contributed by atoms with Crippen LogP contribution in [0.25, 0.3) is 11.3 Å². The zero-order valence-corrected chi connectivity index (χ0v) is 20.0. The maximum atomic E-state index is 12.3. The van der Waals surface area contributed by atoms with E-state index in [0.29, 0.717) is 27.8 Å². The van der Waals surface area contributed by atoms with Crippen LogP contribution in [0.4, 0.5) is 5.69 Å². The summed E-state index contributed by atoms with van der Waals surface area (Å²) in [6.07, 6.45) is 1.76. The van der Waals surface area contributed by atoms with Gasteiger partial charge in [-0.05, 0) is 66.8 Å². The Morgan fingerprint density at radius 3 is 2.49 bits per heavy atom. The number of esters is 1. The summed E-state index contributed by atoms with van der Waals surface area (Å²) < 4.78 is 16.7. The van der Waals surface area contributed by atoms with E-state index in [1.165, 1.54) is 7.11 Å². The van der Waals surface area contributed by atoms with Crippen molar-refractivity contribution >= 4 is 29.0 Å². The van der Waals surface area contributed by atoms with E-state index in [2.05, 4.69) is 10.3 Å². The van der Waals surface area contributed by atoms with Crippen LogP contribution in [0.5, 0.6) is 5.75 Å². The molecular weight excluding hydrogens is 462 g/mol. The first-order valence-corrected chi connectivity index (χ1v) is 11.4. The van der Waals surface area contributed by atoms with Gasteiger partial charge in [-0.2, -0.15) is 0 Å². The average molecular weight is 486 g/mol. The molecule has 0 radical (unpaired) electrons. The van der Waals surface area contributed by atoms with Crippen molar-refractivity contribution in [3.63, 3.8) is 0 Å². The number of methoxy groups -OCH3 is 2. The Morgan fingerprint density at radius 1 is 1.00 bits per heavy atom. The molecule has 1 aliphatic rings. The third-order valence-corrected chi connectivity index (χ3v) is 6.28. The average Bonchev–Trinajstić information content (AvgIpc) is 3.53. The Labute approximate surface area is 208 Å². The van der Waals surface area contributed by atoms with E-state index in [4.69, 9.17) is 26.1 Å². The minimum absolute atomic E-state index is 0.249. The van der Waals surface area contributed by atoms with Crippen molar-refractivity contribution in [1.82, 2.24) is 10.3 Å². The van der Waals surface area contributed by atoms with Gasteiger partial charge >= 0.3 is 5.97 Å². The molecule has 4 aromatic rings. The molecule has 5 rings (SSSR count). The highest BCUT2D eigenvalue weighted by Crippen LogP contribution is 2.43. The number of carbonyl (C=O) groups is 1. The molecule has 0 bridgehead atoms. The van der Waals surface area contributed by atoms with Gasteiger partial charge in [0.2, 0.25) is 0 Å². The molecule has 1 N–H and O–H groups in total. The lowest BCUT2D eigenvalue weighted by molar-refractivity contribution is 0.0601. The number of rotatable bonds is 6. The number of pyridine rings is 1. The highest BCUT2D eigenvalue weighted by atomic mass is 32.1. The van der Waals surface area contributed by atoms with Crippen LogP contribution in [0.1, 0.15) is 33.9 Å². The summed E-state index contributed by atoms with van der Waals surface area (Å²) in [6.45, 7) is 0. The van der Waals surface area contributed by atoms with Crippen LogP contribution in [0.15, 0.2) is 89.5 Å². The number of carbonyl (C=O) groups excluding carboxylic acids is 1. The number of anilines is 1. The second-order valence-electron chi connectivity index (χ2n) is 7.93. The predicted octanol–water partition coefficient (Wildman–Crippen LogP) is 5.31. The lowest BCUT2D eigenvalue weighted by atomic mass is 10.0. The van der Waals surface area contributed by atoms with E-state index >= 15 is 0 Å². The Hall–Kier alpha value is -4.17. The largest absolute Gasteiger partial charge is 0.497 e. The summed E-state index contributed by atoms with van der Waals surface area (Å²) in [6, 6.07) is 23.9. The predicted molar refractivity (Wildman–Crippen MR) is 136 cm³/mol. The topological polar surface area (TPSA) is 76.8 Å². The minimum atomic E-state index is -0.423. The second kappa shape index (κ2) is 9.60. The van der Waals surface area contributed by atoms with Gasteiger partial charge in [0.25, 0.3) is 0 Å². The van der Waals surface area contributed by atoms with Crippen LogP contribution in [-0.2, 0) is 4.74 Å². The first-order valence-electron chi connectivity index (χ1n) is 11.0. The number of furan rings is 1. The van der Waals surface area contributed by atoms with Gasteiger partial charge in [-0.3, -0.25) is 4.98 Å². The molecule has 7 nitrogen and oxygen atoms in total. The first-order chi connectivity index (χ1) is 17.1. The standard InChI is InChI=1S/C27H23N3O4S/c1-32-18-12-10-17(11-13-18)30-25(24(29-27(30)35)21-9-5-6-16-28-21)23-15-14-22(34-23)19-7-3-4-8-20(19)26(31)33-2/h3-16,24-25H,1-2H3,(H,29,35)/t24-,25+/m0/s1. The molecule has 35 heavy (non-hydrogen) atoms. The van der Waals surface area contributed by atoms with Crippen molar-refractivity contribution in [2.45, 2.75) is 12.1 Å². The van der Waals surface area contributed by atoms with Gasteiger partial charge in [0.05, 0.1) is 31.5 Å². The van der Waals surface area contributed by atoms with E-state index in [9.17, 15) is 4.79 Å². The molecule has 2 aromatic heterocycles. The lowest BCUT2D eigenvalue weighted by Gasteiger charge is -2.26. The molecule has 2 atom stereocenters. The monoisotopic (exact) mass is 485 g/mol. The molecule has 1 fully saturated rings. The van der Waals surface area contributed by atoms with Crippen molar-refractivity contribution in [3.8, 4) is 17.1 Å². The minimum Gasteiger partial charge on any atom is -0.497 e. The van der Waals surface area contributed by atoms with Crippen LogP contribution in [0.2, 0.25) is 0 Å². The molecule has 1 saturated heterocycles. The fraction of sp³-hybridized carbons (Fsp3) is 0.148. The molecule has 0 unspecified atom stereocenters. The first kappa shape index (κ1) is 22.6. The van der Waals surface area contributed by atoms with Crippen LogP contribution in [0.3, 0.4) is 0 Å². The van der Waals surface area contributed by atoms with Crippen LogP contribution >= 0.6 is 12.2 Å². The van der Waals surface area contributed by atoms with E-state index in [0.717, 1.165) is 17.1 Å². The Bertz CT molecular complexity index is 1350. The number of thiocarbonyl (C=S) groups is 1. The van der Waals surface area contributed by atoms with E-state index in [1.54, 1.807) is 25.4 Å². The summed E-state index contributed by atoms with van der Waals surface area (Å²) in [4.78, 5) is 18.9. The zero-order chi connectivity index (χ0) is 24.4. The fourth-order valence-corrected chi connectivity index (χ4v) is 4.65. The molecule has 3 heterocycles. The van der Waals surface area contributed by atoms with Crippen molar-refractivity contribution in [2.24, 2.45) is 0 Å². The molecule has 1 aliphatic heterocycles. The second-order valence-corrected chi connectivity index (χ2v) is 8.32. The molecule has 0 saturated carbocycles.